The Kier molecular flexibility index (Phi) is 6.29. The topological polar surface area (TPSA) is 92.8 Å². The summed E-state index contributed by atoms with van der Waals surface area (Å²) >= 11 is 6.08. The first-order chi connectivity index (χ1) is 13.9. The second-order valence-electron chi connectivity index (χ2n) is 6.37. The van der Waals surface area contributed by atoms with Gasteiger partial charge in [0.15, 0.2) is 0 Å². The van der Waals surface area contributed by atoms with Crippen LogP contribution in [0.5, 0.6) is 0 Å². The van der Waals surface area contributed by atoms with Crippen molar-refractivity contribution in [3.63, 3.8) is 0 Å². The Hall–Kier alpha value is -3.19. The number of carbonyl (C=O) groups is 4. The Bertz CT molecular complexity index is 954. The highest BCUT2D eigenvalue weighted by Crippen LogP contribution is 2.24. The molecule has 3 rings (SSSR count). The number of imide groups is 1. The van der Waals surface area contributed by atoms with Crippen LogP contribution in [0.1, 0.15) is 50.8 Å². The first-order valence-electron chi connectivity index (χ1n) is 9.14. The van der Waals surface area contributed by atoms with Crippen molar-refractivity contribution in [3.8, 4) is 0 Å². The van der Waals surface area contributed by atoms with Crippen LogP contribution in [-0.2, 0) is 9.53 Å². The van der Waals surface area contributed by atoms with Crippen molar-refractivity contribution < 1.29 is 23.9 Å². The third-order valence-corrected chi connectivity index (χ3v) is 4.72. The SMILES string of the molecule is CCOC(=O)c1ccc(NC(=O)CCCN2C(=O)c3ccccc3C2=O)cc1Cl. The van der Waals surface area contributed by atoms with Gasteiger partial charge in [0.25, 0.3) is 11.8 Å². The predicted molar refractivity (Wildman–Crippen MR) is 107 cm³/mol. The average Bonchev–Trinajstić information content (AvgIpc) is 2.93. The van der Waals surface area contributed by atoms with Gasteiger partial charge in [-0.3, -0.25) is 19.3 Å². The number of ether oxygens (including phenoxy) is 1. The third-order valence-electron chi connectivity index (χ3n) is 4.41. The van der Waals surface area contributed by atoms with E-state index in [1.807, 2.05) is 0 Å². The second-order valence-corrected chi connectivity index (χ2v) is 6.78. The van der Waals surface area contributed by atoms with Gasteiger partial charge in [0, 0.05) is 18.7 Å². The largest absolute Gasteiger partial charge is 0.462 e. The van der Waals surface area contributed by atoms with Gasteiger partial charge in [-0.05, 0) is 43.7 Å². The number of amides is 3. The quantitative estimate of drug-likeness (QED) is 0.552. The Balaban J connectivity index is 1.52. The van der Waals surface area contributed by atoms with Crippen LogP contribution in [0.15, 0.2) is 42.5 Å². The number of hydrogen-bond donors (Lipinski definition) is 1. The smallest absolute Gasteiger partial charge is 0.339 e. The summed E-state index contributed by atoms with van der Waals surface area (Å²) in [6.07, 6.45) is 0.441. The molecule has 1 aliphatic heterocycles. The van der Waals surface area contributed by atoms with E-state index in [4.69, 9.17) is 16.3 Å². The number of esters is 1. The Labute approximate surface area is 172 Å². The maximum Gasteiger partial charge on any atom is 0.339 e. The Morgan fingerprint density at radius 1 is 1.07 bits per heavy atom. The van der Waals surface area contributed by atoms with Crippen LogP contribution >= 0.6 is 11.6 Å². The van der Waals surface area contributed by atoms with E-state index in [9.17, 15) is 19.2 Å². The highest BCUT2D eigenvalue weighted by Gasteiger charge is 2.34. The molecule has 0 atom stereocenters. The summed E-state index contributed by atoms with van der Waals surface area (Å²) < 4.78 is 4.90. The van der Waals surface area contributed by atoms with Gasteiger partial charge in [-0.2, -0.15) is 0 Å². The predicted octanol–water partition coefficient (Wildman–Crippen LogP) is 3.53. The highest BCUT2D eigenvalue weighted by atomic mass is 35.5. The van der Waals surface area contributed by atoms with Crippen LogP contribution in [0.2, 0.25) is 5.02 Å². The van der Waals surface area contributed by atoms with Crippen LogP contribution < -0.4 is 5.32 Å². The van der Waals surface area contributed by atoms with Crippen LogP contribution in [0.3, 0.4) is 0 Å². The number of nitrogens with one attached hydrogen (secondary N) is 1. The lowest BCUT2D eigenvalue weighted by Gasteiger charge is -2.13. The molecule has 3 amide bonds. The van der Waals surface area contributed by atoms with Gasteiger partial charge in [0.2, 0.25) is 5.91 Å². The van der Waals surface area contributed by atoms with Crippen LogP contribution in [0, 0.1) is 0 Å². The van der Waals surface area contributed by atoms with Gasteiger partial charge in [-0.25, -0.2) is 4.79 Å². The normalized spacial score (nSPS) is 12.7. The summed E-state index contributed by atoms with van der Waals surface area (Å²) in [5.74, 6) is -1.50. The summed E-state index contributed by atoms with van der Waals surface area (Å²) in [5, 5.41) is 2.86. The van der Waals surface area contributed by atoms with Gasteiger partial charge >= 0.3 is 5.97 Å². The molecule has 7 nitrogen and oxygen atoms in total. The minimum atomic E-state index is -0.531. The summed E-state index contributed by atoms with van der Waals surface area (Å²) in [4.78, 5) is 49.7. The zero-order valence-corrected chi connectivity index (χ0v) is 16.5. The molecule has 0 unspecified atom stereocenters. The van der Waals surface area contributed by atoms with Crippen molar-refractivity contribution >= 4 is 41.0 Å². The maximum absolute atomic E-state index is 12.3. The van der Waals surface area contributed by atoms with Crippen molar-refractivity contribution in [1.82, 2.24) is 4.90 Å². The molecule has 0 bridgehead atoms. The summed E-state index contributed by atoms with van der Waals surface area (Å²) in [7, 11) is 0. The first kappa shape index (κ1) is 20.5. The van der Waals surface area contributed by atoms with E-state index in [1.165, 1.54) is 12.1 Å². The number of halogens is 1. The van der Waals surface area contributed by atoms with E-state index in [2.05, 4.69) is 5.32 Å². The molecular formula is C21H19ClN2O5. The lowest BCUT2D eigenvalue weighted by molar-refractivity contribution is -0.116. The number of nitrogens with zero attached hydrogens (tertiary/aromatic N) is 1. The highest BCUT2D eigenvalue weighted by molar-refractivity contribution is 6.34. The van der Waals surface area contributed by atoms with E-state index < -0.39 is 5.97 Å². The van der Waals surface area contributed by atoms with Crippen molar-refractivity contribution in [2.75, 3.05) is 18.5 Å². The molecule has 150 valence electrons. The fourth-order valence-corrected chi connectivity index (χ4v) is 3.29. The monoisotopic (exact) mass is 414 g/mol. The fraction of sp³-hybridized carbons (Fsp3) is 0.238. The molecule has 0 aromatic heterocycles. The molecule has 0 saturated carbocycles. The lowest BCUT2D eigenvalue weighted by atomic mass is 10.1. The van der Waals surface area contributed by atoms with E-state index in [0.29, 0.717) is 23.2 Å². The van der Waals surface area contributed by atoms with Gasteiger partial charge < -0.3 is 10.1 Å². The number of benzene rings is 2. The van der Waals surface area contributed by atoms with E-state index in [-0.39, 0.29) is 47.9 Å². The molecule has 2 aromatic carbocycles. The lowest BCUT2D eigenvalue weighted by Crippen LogP contribution is -2.31. The number of carbonyl (C=O) groups excluding carboxylic acids is 4. The van der Waals surface area contributed by atoms with Crippen LogP contribution in [0.4, 0.5) is 5.69 Å². The molecule has 2 aromatic rings. The third kappa shape index (κ3) is 4.46. The molecule has 0 radical (unpaired) electrons. The van der Waals surface area contributed by atoms with Crippen molar-refractivity contribution in [1.29, 1.82) is 0 Å². The van der Waals surface area contributed by atoms with Crippen molar-refractivity contribution in [3.05, 3.63) is 64.2 Å². The summed E-state index contributed by atoms with van der Waals surface area (Å²) in [5.41, 5.74) is 1.43. The zero-order valence-electron chi connectivity index (χ0n) is 15.7. The number of fused-ring (bicyclic) bond motifs is 1. The number of rotatable bonds is 7. The molecule has 1 heterocycles. The molecule has 1 aliphatic rings. The molecule has 0 aliphatic carbocycles. The fourth-order valence-electron chi connectivity index (χ4n) is 3.03. The van der Waals surface area contributed by atoms with Crippen molar-refractivity contribution in [2.45, 2.75) is 19.8 Å². The molecule has 1 N–H and O–H groups in total. The van der Waals surface area contributed by atoms with Gasteiger partial charge in [0.1, 0.15) is 0 Å². The number of anilines is 1. The summed E-state index contributed by atoms with van der Waals surface area (Å²) in [6, 6.07) is 11.2. The minimum Gasteiger partial charge on any atom is -0.462 e. The molecular weight excluding hydrogens is 396 g/mol. The van der Waals surface area contributed by atoms with E-state index >= 15 is 0 Å². The average molecular weight is 415 g/mol. The minimum absolute atomic E-state index is 0.116. The maximum atomic E-state index is 12.3. The van der Waals surface area contributed by atoms with Crippen LogP contribution in [0.25, 0.3) is 0 Å². The molecule has 0 fully saturated rings. The van der Waals surface area contributed by atoms with Crippen LogP contribution in [-0.4, -0.2) is 41.7 Å². The standard InChI is InChI=1S/C21H19ClN2O5/c1-2-29-21(28)16-10-9-13(12-17(16)22)23-18(25)8-5-11-24-19(26)14-6-3-4-7-15(14)20(24)27/h3-4,6-7,9-10,12H,2,5,8,11H2,1H3,(H,23,25). The Morgan fingerprint density at radius 2 is 1.72 bits per heavy atom. The molecule has 29 heavy (non-hydrogen) atoms. The first-order valence-corrected chi connectivity index (χ1v) is 9.52. The molecule has 8 heteroatoms. The Morgan fingerprint density at radius 3 is 2.31 bits per heavy atom. The van der Waals surface area contributed by atoms with Gasteiger partial charge in [-0.1, -0.05) is 23.7 Å². The van der Waals surface area contributed by atoms with Gasteiger partial charge in [0.05, 0.1) is 28.3 Å². The number of hydrogen-bond acceptors (Lipinski definition) is 5. The molecule has 0 spiro atoms. The van der Waals surface area contributed by atoms with Gasteiger partial charge in [-0.15, -0.1) is 0 Å². The van der Waals surface area contributed by atoms with E-state index in [0.717, 1.165) is 4.90 Å². The summed E-state index contributed by atoms with van der Waals surface area (Å²) in [6.45, 7) is 2.09. The van der Waals surface area contributed by atoms with Crippen molar-refractivity contribution in [2.24, 2.45) is 0 Å². The second kappa shape index (κ2) is 8.87. The zero-order chi connectivity index (χ0) is 21.0. The molecule has 0 saturated heterocycles. The van der Waals surface area contributed by atoms with E-state index in [1.54, 1.807) is 37.3 Å².